The molecule has 106 valence electrons. The highest BCUT2D eigenvalue weighted by Gasteiger charge is 2.12. The lowest BCUT2D eigenvalue weighted by Crippen LogP contribution is -2.28. The molecule has 0 fully saturated rings. The van der Waals surface area contributed by atoms with E-state index < -0.39 is 0 Å². The zero-order chi connectivity index (χ0) is 14.4. The lowest BCUT2D eigenvalue weighted by atomic mass is 9.99. The minimum absolute atomic E-state index is 0.108. The van der Waals surface area contributed by atoms with Gasteiger partial charge >= 0.3 is 0 Å². The Labute approximate surface area is 117 Å². The molecule has 0 bridgehead atoms. The Morgan fingerprint density at radius 2 is 2.05 bits per heavy atom. The Kier molecular flexibility index (Phi) is 5.03. The minimum atomic E-state index is -0.380. The van der Waals surface area contributed by atoms with Crippen LogP contribution in [-0.2, 0) is 6.42 Å². The van der Waals surface area contributed by atoms with Crippen LogP contribution in [0.25, 0.3) is 0 Å². The lowest BCUT2D eigenvalue weighted by Gasteiger charge is -2.17. The number of nitrogens with two attached hydrogens (primary N) is 1. The fraction of sp³-hybridized carbons (Fsp3) is 0.267. The average molecular weight is 275 g/mol. The summed E-state index contributed by atoms with van der Waals surface area (Å²) >= 11 is 0. The van der Waals surface area contributed by atoms with Gasteiger partial charge in [0.25, 0.3) is 0 Å². The van der Waals surface area contributed by atoms with Crippen LogP contribution in [0.2, 0.25) is 0 Å². The molecular formula is C15H18FN3O. The maximum atomic E-state index is 13.7. The zero-order valence-electron chi connectivity index (χ0n) is 11.3. The third kappa shape index (κ3) is 3.53. The number of pyridine rings is 1. The summed E-state index contributed by atoms with van der Waals surface area (Å²) < 4.78 is 18.6. The highest BCUT2D eigenvalue weighted by Crippen LogP contribution is 2.24. The third-order valence-electron chi connectivity index (χ3n) is 3.25. The molecule has 2 aromatic rings. The van der Waals surface area contributed by atoms with Crippen molar-refractivity contribution >= 4 is 0 Å². The maximum absolute atomic E-state index is 13.7. The van der Waals surface area contributed by atoms with Crippen LogP contribution in [0.3, 0.4) is 0 Å². The van der Waals surface area contributed by atoms with E-state index in [1.165, 1.54) is 18.7 Å². The highest BCUT2D eigenvalue weighted by atomic mass is 19.1. The number of aryl methyl sites for hydroxylation is 1. The summed E-state index contributed by atoms with van der Waals surface area (Å²) in [6.45, 7) is 0. The van der Waals surface area contributed by atoms with Crippen molar-refractivity contribution in [2.24, 2.45) is 5.84 Å². The van der Waals surface area contributed by atoms with Crippen molar-refractivity contribution in [1.82, 2.24) is 10.4 Å². The molecule has 0 saturated heterocycles. The zero-order valence-corrected chi connectivity index (χ0v) is 11.3. The number of aromatic nitrogens is 1. The molecule has 0 spiro atoms. The van der Waals surface area contributed by atoms with E-state index in [0.717, 1.165) is 18.4 Å². The van der Waals surface area contributed by atoms with Crippen molar-refractivity contribution in [3.8, 4) is 5.75 Å². The monoisotopic (exact) mass is 275 g/mol. The molecule has 5 heteroatoms. The van der Waals surface area contributed by atoms with Crippen molar-refractivity contribution in [2.45, 2.75) is 18.9 Å². The van der Waals surface area contributed by atoms with Gasteiger partial charge in [-0.3, -0.25) is 16.3 Å². The number of nitrogens with one attached hydrogen (secondary N) is 1. The van der Waals surface area contributed by atoms with Gasteiger partial charge in [0.2, 0.25) is 0 Å². The number of hydrogen-bond donors (Lipinski definition) is 2. The number of ether oxygens (including phenoxy) is 1. The lowest BCUT2D eigenvalue weighted by molar-refractivity contribution is 0.385. The highest BCUT2D eigenvalue weighted by molar-refractivity contribution is 5.31. The number of hydrazine groups is 1. The van der Waals surface area contributed by atoms with Gasteiger partial charge in [0.1, 0.15) is 0 Å². The normalized spacial score (nSPS) is 12.2. The quantitative estimate of drug-likeness (QED) is 0.627. The van der Waals surface area contributed by atoms with E-state index in [0.29, 0.717) is 0 Å². The van der Waals surface area contributed by atoms with Crippen molar-refractivity contribution in [3.63, 3.8) is 0 Å². The van der Waals surface area contributed by atoms with Gasteiger partial charge in [0.15, 0.2) is 11.6 Å². The standard InChI is InChI=1S/C15H18FN3O/c1-20-15-5-3-12(10-13(15)16)14(19-17)4-2-11-6-8-18-9-7-11/h3,5-10,14,19H,2,4,17H2,1H3. The molecule has 20 heavy (non-hydrogen) atoms. The van der Waals surface area contributed by atoms with Crippen molar-refractivity contribution in [3.05, 3.63) is 59.7 Å². The van der Waals surface area contributed by atoms with E-state index in [9.17, 15) is 4.39 Å². The predicted octanol–water partition coefficient (Wildman–Crippen LogP) is 2.37. The van der Waals surface area contributed by atoms with Crippen molar-refractivity contribution in [2.75, 3.05) is 7.11 Å². The van der Waals surface area contributed by atoms with Gasteiger partial charge in [-0.05, 0) is 48.2 Å². The fourth-order valence-corrected chi connectivity index (χ4v) is 2.11. The summed E-state index contributed by atoms with van der Waals surface area (Å²) in [5, 5.41) is 0. The van der Waals surface area contributed by atoms with Crippen LogP contribution >= 0.6 is 0 Å². The van der Waals surface area contributed by atoms with Gasteiger partial charge in [0, 0.05) is 18.4 Å². The molecule has 0 radical (unpaired) electrons. The molecule has 1 heterocycles. The second-order valence-corrected chi connectivity index (χ2v) is 4.51. The van der Waals surface area contributed by atoms with Gasteiger partial charge in [-0.25, -0.2) is 4.39 Å². The Bertz CT molecular complexity index is 548. The molecular weight excluding hydrogens is 257 g/mol. The van der Waals surface area contributed by atoms with Crippen molar-refractivity contribution in [1.29, 1.82) is 0 Å². The molecule has 0 aliphatic rings. The van der Waals surface area contributed by atoms with E-state index >= 15 is 0 Å². The summed E-state index contributed by atoms with van der Waals surface area (Å²) in [5.41, 5.74) is 4.71. The van der Waals surface area contributed by atoms with E-state index in [1.807, 2.05) is 18.2 Å². The first kappa shape index (κ1) is 14.4. The molecule has 4 nitrogen and oxygen atoms in total. The Balaban J connectivity index is 2.06. The van der Waals surface area contributed by atoms with Crippen LogP contribution in [0.5, 0.6) is 5.75 Å². The van der Waals surface area contributed by atoms with Crippen LogP contribution in [0, 0.1) is 5.82 Å². The van der Waals surface area contributed by atoms with Crippen LogP contribution < -0.4 is 16.0 Å². The summed E-state index contributed by atoms with van der Waals surface area (Å²) in [5.74, 6) is 5.43. The molecule has 0 aliphatic carbocycles. The minimum Gasteiger partial charge on any atom is -0.494 e. The van der Waals surface area contributed by atoms with Crippen LogP contribution in [0.4, 0.5) is 4.39 Å². The van der Waals surface area contributed by atoms with E-state index in [1.54, 1.807) is 18.5 Å². The number of halogens is 1. The van der Waals surface area contributed by atoms with E-state index in [-0.39, 0.29) is 17.6 Å². The van der Waals surface area contributed by atoms with Gasteiger partial charge in [-0.1, -0.05) is 6.07 Å². The first-order chi connectivity index (χ1) is 9.74. The van der Waals surface area contributed by atoms with Crippen molar-refractivity contribution < 1.29 is 9.13 Å². The Morgan fingerprint density at radius 3 is 2.65 bits per heavy atom. The number of hydrogen-bond acceptors (Lipinski definition) is 4. The van der Waals surface area contributed by atoms with Crippen LogP contribution in [0.1, 0.15) is 23.6 Å². The molecule has 1 unspecified atom stereocenters. The summed E-state index contributed by atoms with van der Waals surface area (Å²) in [6.07, 6.45) is 5.12. The second kappa shape index (κ2) is 6.98. The molecule has 1 aromatic heterocycles. The molecule has 1 aromatic carbocycles. The van der Waals surface area contributed by atoms with Gasteiger partial charge in [0.05, 0.1) is 7.11 Å². The summed E-state index contributed by atoms with van der Waals surface area (Å²) in [7, 11) is 1.44. The predicted molar refractivity (Wildman–Crippen MR) is 75.6 cm³/mol. The molecule has 0 aliphatic heterocycles. The molecule has 3 N–H and O–H groups in total. The third-order valence-corrected chi connectivity index (χ3v) is 3.25. The van der Waals surface area contributed by atoms with E-state index in [2.05, 4.69) is 10.4 Å². The SMILES string of the molecule is COc1ccc(C(CCc2ccncc2)NN)cc1F. The van der Waals surface area contributed by atoms with Crippen LogP contribution in [0.15, 0.2) is 42.7 Å². The molecule has 0 saturated carbocycles. The summed E-state index contributed by atoms with van der Waals surface area (Å²) in [6, 6.07) is 8.70. The average Bonchev–Trinajstić information content (AvgIpc) is 2.49. The smallest absolute Gasteiger partial charge is 0.165 e. The first-order valence-electron chi connectivity index (χ1n) is 6.43. The maximum Gasteiger partial charge on any atom is 0.165 e. The van der Waals surface area contributed by atoms with Gasteiger partial charge in [-0.15, -0.1) is 0 Å². The number of rotatable bonds is 6. The molecule has 2 rings (SSSR count). The number of nitrogens with zero attached hydrogens (tertiary/aromatic N) is 1. The molecule has 0 amide bonds. The Morgan fingerprint density at radius 1 is 1.30 bits per heavy atom. The Hall–Kier alpha value is -1.98. The largest absolute Gasteiger partial charge is 0.494 e. The topological polar surface area (TPSA) is 60.2 Å². The fourth-order valence-electron chi connectivity index (χ4n) is 2.11. The number of methoxy groups -OCH3 is 1. The van der Waals surface area contributed by atoms with Crippen LogP contribution in [-0.4, -0.2) is 12.1 Å². The first-order valence-corrected chi connectivity index (χ1v) is 6.43. The second-order valence-electron chi connectivity index (χ2n) is 4.51. The van der Waals surface area contributed by atoms with Gasteiger partial charge in [-0.2, -0.15) is 0 Å². The number of benzene rings is 1. The van der Waals surface area contributed by atoms with E-state index in [4.69, 9.17) is 10.6 Å². The molecule has 1 atom stereocenters. The summed E-state index contributed by atoms with van der Waals surface area (Å²) in [4.78, 5) is 3.98. The van der Waals surface area contributed by atoms with Gasteiger partial charge < -0.3 is 4.74 Å².